The van der Waals surface area contributed by atoms with Gasteiger partial charge in [0.2, 0.25) is 0 Å². The van der Waals surface area contributed by atoms with Gasteiger partial charge in [0.1, 0.15) is 5.82 Å². The minimum absolute atomic E-state index is 0.844. The Morgan fingerprint density at radius 1 is 1.50 bits per heavy atom. The molecule has 0 unspecified atom stereocenters. The maximum atomic E-state index is 6.11. The topological polar surface area (TPSA) is 47.1 Å². The van der Waals surface area contributed by atoms with E-state index in [-0.39, 0.29) is 0 Å². The zero-order chi connectivity index (χ0) is 11.7. The van der Waals surface area contributed by atoms with Gasteiger partial charge >= 0.3 is 0 Å². The van der Waals surface area contributed by atoms with Gasteiger partial charge in [-0.3, -0.25) is 4.68 Å². The highest BCUT2D eigenvalue weighted by Crippen LogP contribution is 2.33. The van der Waals surface area contributed by atoms with Crippen LogP contribution in [0.4, 0.5) is 11.5 Å². The van der Waals surface area contributed by atoms with Crippen LogP contribution in [0.25, 0.3) is 0 Å². The molecule has 1 aromatic rings. The van der Waals surface area contributed by atoms with Crippen LogP contribution in [0.5, 0.6) is 0 Å². The van der Waals surface area contributed by atoms with E-state index in [4.69, 9.17) is 5.73 Å². The van der Waals surface area contributed by atoms with Gasteiger partial charge in [-0.05, 0) is 32.1 Å². The molecule has 4 nitrogen and oxygen atoms in total. The van der Waals surface area contributed by atoms with Gasteiger partial charge in [0.05, 0.1) is 11.4 Å². The highest BCUT2D eigenvalue weighted by molar-refractivity contribution is 5.66. The number of hydrogen-bond acceptors (Lipinski definition) is 3. The molecular formula is C12H22N4. The summed E-state index contributed by atoms with van der Waals surface area (Å²) in [5.41, 5.74) is 7.89. The van der Waals surface area contributed by atoms with Crippen molar-refractivity contribution in [2.75, 3.05) is 23.7 Å². The molecule has 1 fully saturated rings. The molecular weight excluding hydrogens is 200 g/mol. The molecule has 1 aromatic heterocycles. The maximum absolute atomic E-state index is 6.11. The lowest BCUT2D eigenvalue weighted by Gasteiger charge is -2.24. The van der Waals surface area contributed by atoms with Crippen molar-refractivity contribution in [1.29, 1.82) is 0 Å². The van der Waals surface area contributed by atoms with E-state index in [1.165, 1.54) is 12.8 Å². The maximum Gasteiger partial charge on any atom is 0.150 e. The summed E-state index contributed by atoms with van der Waals surface area (Å²) in [5.74, 6) is 1.98. The van der Waals surface area contributed by atoms with E-state index in [0.29, 0.717) is 0 Å². The first-order valence-corrected chi connectivity index (χ1v) is 6.17. The summed E-state index contributed by atoms with van der Waals surface area (Å²) in [6.07, 6.45) is 3.89. The van der Waals surface area contributed by atoms with Crippen LogP contribution in [0.3, 0.4) is 0 Å². The quantitative estimate of drug-likeness (QED) is 0.828. The highest BCUT2D eigenvalue weighted by atomic mass is 15.4. The summed E-state index contributed by atoms with van der Waals surface area (Å²) in [7, 11) is 1.98. The van der Waals surface area contributed by atoms with E-state index in [1.807, 2.05) is 18.7 Å². The number of hydrogen-bond donors (Lipinski definition) is 1. The van der Waals surface area contributed by atoms with Crippen molar-refractivity contribution >= 4 is 11.5 Å². The molecule has 0 saturated heterocycles. The molecule has 16 heavy (non-hydrogen) atoms. The smallest absolute Gasteiger partial charge is 0.150 e. The Morgan fingerprint density at radius 2 is 2.19 bits per heavy atom. The second-order valence-electron chi connectivity index (χ2n) is 4.84. The molecule has 4 heteroatoms. The monoisotopic (exact) mass is 222 g/mol. The second-order valence-corrected chi connectivity index (χ2v) is 4.84. The third-order valence-electron chi connectivity index (χ3n) is 3.21. The summed E-state index contributed by atoms with van der Waals surface area (Å²) < 4.78 is 1.92. The molecule has 0 atom stereocenters. The Morgan fingerprint density at radius 3 is 2.62 bits per heavy atom. The van der Waals surface area contributed by atoms with Gasteiger partial charge in [0, 0.05) is 20.1 Å². The minimum atomic E-state index is 0.844. The molecule has 0 bridgehead atoms. The Balaban J connectivity index is 2.21. The number of aromatic nitrogens is 2. The summed E-state index contributed by atoms with van der Waals surface area (Å²) >= 11 is 0. The van der Waals surface area contributed by atoms with E-state index < -0.39 is 0 Å². The number of nitrogens with zero attached hydrogens (tertiary/aromatic N) is 3. The second kappa shape index (κ2) is 4.36. The summed E-state index contributed by atoms with van der Waals surface area (Å²) in [6, 6.07) is 0. The lowest BCUT2D eigenvalue weighted by molar-refractivity contribution is 0.658. The molecule has 2 rings (SSSR count). The van der Waals surface area contributed by atoms with Crippen LogP contribution in [0.15, 0.2) is 0 Å². The van der Waals surface area contributed by atoms with Crippen molar-refractivity contribution in [3.8, 4) is 0 Å². The predicted molar refractivity (Wildman–Crippen MR) is 67.6 cm³/mol. The molecule has 1 heterocycles. The molecule has 0 spiro atoms. The van der Waals surface area contributed by atoms with Gasteiger partial charge in [-0.2, -0.15) is 5.10 Å². The van der Waals surface area contributed by atoms with E-state index >= 15 is 0 Å². The fourth-order valence-electron chi connectivity index (χ4n) is 2.20. The first-order valence-electron chi connectivity index (χ1n) is 6.17. The number of nitrogens with two attached hydrogens (primary N) is 1. The molecule has 1 aliphatic rings. The zero-order valence-corrected chi connectivity index (χ0v) is 10.5. The third-order valence-corrected chi connectivity index (χ3v) is 3.21. The van der Waals surface area contributed by atoms with Gasteiger partial charge in [0.15, 0.2) is 0 Å². The molecule has 1 aliphatic carbocycles. The van der Waals surface area contributed by atoms with E-state index in [9.17, 15) is 0 Å². The summed E-state index contributed by atoms with van der Waals surface area (Å²) in [5, 5.41) is 4.39. The Hall–Kier alpha value is -1.19. The van der Waals surface area contributed by atoms with Crippen LogP contribution in [0, 0.1) is 12.8 Å². The molecule has 2 N–H and O–H groups in total. The standard InChI is InChI=1S/C12H22N4/c1-4-7-16(8-10-5-6-10)12-11(13)9(2)14-15(12)3/h10H,4-8,13H2,1-3H3. The van der Waals surface area contributed by atoms with Crippen molar-refractivity contribution in [3.63, 3.8) is 0 Å². The number of aryl methyl sites for hydroxylation is 2. The summed E-state index contributed by atoms with van der Waals surface area (Å²) in [4.78, 5) is 2.40. The van der Waals surface area contributed by atoms with Crippen LogP contribution in [-0.2, 0) is 7.05 Å². The van der Waals surface area contributed by atoms with Crippen molar-refractivity contribution in [2.24, 2.45) is 13.0 Å². The van der Waals surface area contributed by atoms with Crippen molar-refractivity contribution < 1.29 is 0 Å². The highest BCUT2D eigenvalue weighted by Gasteiger charge is 2.26. The van der Waals surface area contributed by atoms with Crippen LogP contribution >= 0.6 is 0 Å². The molecule has 0 aliphatic heterocycles. The molecule has 0 radical (unpaired) electrons. The average Bonchev–Trinajstić information content (AvgIpc) is 2.97. The predicted octanol–water partition coefficient (Wildman–Crippen LogP) is 1.94. The fraction of sp³-hybridized carbons (Fsp3) is 0.750. The normalized spacial score (nSPS) is 15.4. The zero-order valence-electron chi connectivity index (χ0n) is 10.5. The largest absolute Gasteiger partial charge is 0.394 e. The average molecular weight is 222 g/mol. The fourth-order valence-corrected chi connectivity index (χ4v) is 2.20. The Kier molecular flexibility index (Phi) is 3.08. The van der Waals surface area contributed by atoms with Crippen LogP contribution in [0.1, 0.15) is 31.9 Å². The number of nitrogen functional groups attached to an aromatic ring is 1. The molecule has 0 amide bonds. The Bertz CT molecular complexity index is 365. The lowest BCUT2D eigenvalue weighted by Crippen LogP contribution is -2.29. The first-order chi connectivity index (χ1) is 7.63. The number of rotatable bonds is 5. The van der Waals surface area contributed by atoms with Gasteiger partial charge in [-0.15, -0.1) is 0 Å². The van der Waals surface area contributed by atoms with E-state index in [0.717, 1.165) is 42.6 Å². The van der Waals surface area contributed by atoms with Crippen molar-refractivity contribution in [3.05, 3.63) is 5.69 Å². The minimum Gasteiger partial charge on any atom is -0.394 e. The van der Waals surface area contributed by atoms with Crippen molar-refractivity contribution in [1.82, 2.24) is 9.78 Å². The molecule has 1 saturated carbocycles. The van der Waals surface area contributed by atoms with E-state index in [1.54, 1.807) is 0 Å². The SMILES string of the molecule is CCCN(CC1CC1)c1c(N)c(C)nn1C. The van der Waals surface area contributed by atoms with Crippen LogP contribution in [0.2, 0.25) is 0 Å². The van der Waals surface area contributed by atoms with Gasteiger partial charge in [0.25, 0.3) is 0 Å². The molecule has 90 valence electrons. The summed E-state index contributed by atoms with van der Waals surface area (Å²) in [6.45, 7) is 6.39. The lowest BCUT2D eigenvalue weighted by atomic mass is 10.3. The van der Waals surface area contributed by atoms with E-state index in [2.05, 4.69) is 16.9 Å². The van der Waals surface area contributed by atoms with Gasteiger partial charge < -0.3 is 10.6 Å². The third kappa shape index (κ3) is 2.15. The van der Waals surface area contributed by atoms with Gasteiger partial charge in [-0.25, -0.2) is 0 Å². The number of anilines is 2. The van der Waals surface area contributed by atoms with Crippen LogP contribution < -0.4 is 10.6 Å². The molecule has 0 aromatic carbocycles. The Labute approximate surface area is 97.4 Å². The van der Waals surface area contributed by atoms with Crippen molar-refractivity contribution in [2.45, 2.75) is 33.1 Å². The first kappa shape index (κ1) is 11.3. The van der Waals surface area contributed by atoms with Crippen LogP contribution in [-0.4, -0.2) is 22.9 Å². The van der Waals surface area contributed by atoms with Gasteiger partial charge in [-0.1, -0.05) is 6.92 Å².